The molecule has 1 aliphatic rings. The Labute approximate surface area is 139 Å². The van der Waals surface area contributed by atoms with Crippen LogP contribution in [0.4, 0.5) is 0 Å². The van der Waals surface area contributed by atoms with Gasteiger partial charge in [0.2, 0.25) is 5.91 Å². The van der Waals surface area contributed by atoms with E-state index in [1.165, 1.54) is 0 Å². The monoisotopic (exact) mass is 320 g/mol. The first-order valence-electron chi connectivity index (χ1n) is 8.32. The summed E-state index contributed by atoms with van der Waals surface area (Å²) in [5.41, 5.74) is 0.905. The maximum absolute atomic E-state index is 12.3. The van der Waals surface area contributed by atoms with Crippen LogP contribution in [0.2, 0.25) is 0 Å². The van der Waals surface area contributed by atoms with Crippen molar-refractivity contribution in [3.05, 3.63) is 30.1 Å². The lowest BCUT2D eigenvalue weighted by Gasteiger charge is -2.34. The highest BCUT2D eigenvalue weighted by Crippen LogP contribution is 2.19. The van der Waals surface area contributed by atoms with Crippen LogP contribution in [-0.2, 0) is 20.9 Å². The van der Waals surface area contributed by atoms with Crippen LogP contribution in [0.3, 0.4) is 0 Å². The summed E-state index contributed by atoms with van der Waals surface area (Å²) in [5.74, 6) is 0.492. The minimum atomic E-state index is -0.125. The van der Waals surface area contributed by atoms with E-state index in [0.717, 1.165) is 31.5 Å². The summed E-state index contributed by atoms with van der Waals surface area (Å²) in [6.07, 6.45) is 5.61. The van der Waals surface area contributed by atoms with Crippen LogP contribution in [0.25, 0.3) is 0 Å². The molecule has 128 valence electrons. The molecule has 1 unspecified atom stereocenters. The first-order chi connectivity index (χ1) is 10.9. The number of likely N-dealkylation sites (tertiary alicyclic amines) is 1. The second-order valence-corrected chi connectivity index (χ2v) is 7.12. The van der Waals surface area contributed by atoms with Gasteiger partial charge in [-0.05, 0) is 57.2 Å². The van der Waals surface area contributed by atoms with E-state index in [4.69, 9.17) is 9.47 Å². The third-order valence-electron chi connectivity index (χ3n) is 3.87. The van der Waals surface area contributed by atoms with Crippen LogP contribution in [0.15, 0.2) is 24.5 Å². The quantitative estimate of drug-likeness (QED) is 0.808. The van der Waals surface area contributed by atoms with Crippen molar-refractivity contribution >= 4 is 5.91 Å². The molecule has 23 heavy (non-hydrogen) atoms. The average molecular weight is 320 g/mol. The van der Waals surface area contributed by atoms with Gasteiger partial charge >= 0.3 is 0 Å². The van der Waals surface area contributed by atoms with Crippen LogP contribution in [0.1, 0.15) is 39.2 Å². The highest BCUT2D eigenvalue weighted by Gasteiger charge is 2.25. The van der Waals surface area contributed by atoms with E-state index in [-0.39, 0.29) is 18.1 Å². The minimum absolute atomic E-state index is 0.0690. The number of nitrogens with zero attached hydrogens (tertiary/aromatic N) is 2. The molecule has 5 heteroatoms. The van der Waals surface area contributed by atoms with Crippen molar-refractivity contribution in [2.45, 2.75) is 45.8 Å². The molecule has 1 fully saturated rings. The molecule has 1 aliphatic heterocycles. The zero-order chi connectivity index (χ0) is 16.7. The topological polar surface area (TPSA) is 51.7 Å². The fourth-order valence-corrected chi connectivity index (χ4v) is 2.62. The number of hydrogen-bond acceptors (Lipinski definition) is 4. The van der Waals surface area contributed by atoms with E-state index in [0.29, 0.717) is 19.1 Å². The normalized spacial score (nSPS) is 18.9. The molecule has 0 aliphatic carbocycles. The van der Waals surface area contributed by atoms with Gasteiger partial charge in [0.05, 0.1) is 18.8 Å². The molecule has 0 bridgehead atoms. The molecule has 1 atom stereocenters. The fraction of sp³-hybridized carbons (Fsp3) is 0.667. The molecule has 5 nitrogen and oxygen atoms in total. The molecular weight excluding hydrogens is 292 g/mol. The summed E-state index contributed by atoms with van der Waals surface area (Å²) in [6.45, 7) is 9.07. The SMILES string of the molecule is CC(C)(C)OCC1CCCN(C(=O)COCc2ccncc2)C1. The Morgan fingerprint density at radius 2 is 2.09 bits per heavy atom. The number of carbonyl (C=O) groups excluding carboxylic acids is 1. The van der Waals surface area contributed by atoms with Gasteiger partial charge in [0, 0.05) is 25.5 Å². The second kappa shape index (κ2) is 8.41. The number of pyridine rings is 1. The van der Waals surface area contributed by atoms with Gasteiger partial charge in [-0.2, -0.15) is 0 Å². The van der Waals surface area contributed by atoms with Crippen LogP contribution in [0.5, 0.6) is 0 Å². The summed E-state index contributed by atoms with van der Waals surface area (Å²) in [5, 5.41) is 0. The van der Waals surface area contributed by atoms with Crippen LogP contribution in [-0.4, -0.2) is 47.7 Å². The Morgan fingerprint density at radius 3 is 2.78 bits per heavy atom. The molecule has 0 N–H and O–H groups in total. The van der Waals surface area contributed by atoms with Crippen molar-refractivity contribution in [2.75, 3.05) is 26.3 Å². The number of hydrogen-bond donors (Lipinski definition) is 0. The van der Waals surface area contributed by atoms with Crippen molar-refractivity contribution in [1.82, 2.24) is 9.88 Å². The van der Waals surface area contributed by atoms with E-state index in [9.17, 15) is 4.79 Å². The van der Waals surface area contributed by atoms with Gasteiger partial charge in [0.1, 0.15) is 6.61 Å². The molecule has 0 saturated carbocycles. The van der Waals surface area contributed by atoms with Crippen molar-refractivity contribution in [3.63, 3.8) is 0 Å². The maximum atomic E-state index is 12.3. The molecule has 1 saturated heterocycles. The van der Waals surface area contributed by atoms with Crippen molar-refractivity contribution in [1.29, 1.82) is 0 Å². The summed E-state index contributed by atoms with van der Waals surface area (Å²) < 4.78 is 11.4. The van der Waals surface area contributed by atoms with Crippen molar-refractivity contribution in [2.24, 2.45) is 5.92 Å². The lowest BCUT2D eigenvalue weighted by molar-refractivity contribution is -0.139. The molecule has 2 rings (SSSR count). The van der Waals surface area contributed by atoms with E-state index in [2.05, 4.69) is 25.8 Å². The molecule has 1 aromatic rings. The van der Waals surface area contributed by atoms with Gasteiger partial charge in [-0.25, -0.2) is 0 Å². The zero-order valence-electron chi connectivity index (χ0n) is 14.5. The van der Waals surface area contributed by atoms with Gasteiger partial charge in [-0.15, -0.1) is 0 Å². The van der Waals surface area contributed by atoms with Gasteiger partial charge in [-0.1, -0.05) is 0 Å². The van der Waals surface area contributed by atoms with E-state index in [1.807, 2.05) is 17.0 Å². The maximum Gasteiger partial charge on any atom is 0.248 e. The second-order valence-electron chi connectivity index (χ2n) is 7.12. The Morgan fingerprint density at radius 1 is 1.35 bits per heavy atom. The molecule has 2 heterocycles. The third-order valence-corrected chi connectivity index (χ3v) is 3.87. The van der Waals surface area contributed by atoms with E-state index in [1.54, 1.807) is 12.4 Å². The molecule has 0 spiro atoms. The lowest BCUT2D eigenvalue weighted by atomic mass is 9.98. The summed E-state index contributed by atoms with van der Waals surface area (Å²) in [7, 11) is 0. The van der Waals surface area contributed by atoms with E-state index >= 15 is 0 Å². The predicted molar refractivity (Wildman–Crippen MR) is 88.9 cm³/mol. The molecule has 1 aromatic heterocycles. The van der Waals surface area contributed by atoms with E-state index < -0.39 is 0 Å². The highest BCUT2D eigenvalue weighted by atomic mass is 16.5. The Balaban J connectivity index is 1.71. The number of carbonyl (C=O) groups is 1. The number of aromatic nitrogens is 1. The molecule has 0 radical (unpaired) electrons. The highest BCUT2D eigenvalue weighted by molar-refractivity contribution is 5.77. The molecule has 0 aromatic carbocycles. The number of ether oxygens (including phenoxy) is 2. The van der Waals surface area contributed by atoms with Gasteiger partial charge in [-0.3, -0.25) is 9.78 Å². The largest absolute Gasteiger partial charge is 0.376 e. The molecule has 1 amide bonds. The lowest BCUT2D eigenvalue weighted by Crippen LogP contribution is -2.43. The minimum Gasteiger partial charge on any atom is -0.376 e. The van der Waals surface area contributed by atoms with Crippen molar-refractivity contribution in [3.8, 4) is 0 Å². The third kappa shape index (κ3) is 6.67. The zero-order valence-corrected chi connectivity index (χ0v) is 14.5. The Kier molecular flexibility index (Phi) is 6.54. The Bertz CT molecular complexity index is 485. The summed E-state index contributed by atoms with van der Waals surface area (Å²) >= 11 is 0. The first kappa shape index (κ1) is 17.9. The first-order valence-corrected chi connectivity index (χ1v) is 8.32. The number of piperidine rings is 1. The predicted octanol–water partition coefficient (Wildman–Crippen LogP) is 2.65. The Hall–Kier alpha value is -1.46. The summed E-state index contributed by atoms with van der Waals surface area (Å²) in [4.78, 5) is 18.2. The number of rotatable bonds is 6. The van der Waals surface area contributed by atoms with Crippen LogP contribution in [0, 0.1) is 5.92 Å². The molecular formula is C18H28N2O3. The van der Waals surface area contributed by atoms with Gasteiger partial charge in [0.25, 0.3) is 0 Å². The fourth-order valence-electron chi connectivity index (χ4n) is 2.62. The standard InChI is InChI=1S/C18H28N2O3/c1-18(2,3)23-13-16-5-4-10-20(11-16)17(21)14-22-12-15-6-8-19-9-7-15/h6-9,16H,4-5,10-14H2,1-3H3. The van der Waals surface area contributed by atoms with Crippen molar-refractivity contribution < 1.29 is 14.3 Å². The van der Waals surface area contributed by atoms with Crippen LogP contribution < -0.4 is 0 Å². The van der Waals surface area contributed by atoms with Gasteiger partial charge in [0.15, 0.2) is 0 Å². The van der Waals surface area contributed by atoms with Gasteiger partial charge < -0.3 is 14.4 Å². The summed E-state index contributed by atoms with van der Waals surface area (Å²) in [6, 6.07) is 3.79. The smallest absolute Gasteiger partial charge is 0.248 e. The van der Waals surface area contributed by atoms with Crippen LogP contribution >= 0.6 is 0 Å². The number of amides is 1. The average Bonchev–Trinajstić information content (AvgIpc) is 2.53.